The molecule has 3 N–H and O–H groups in total. The fourth-order valence-corrected chi connectivity index (χ4v) is 2.14. The third-order valence-corrected chi connectivity index (χ3v) is 4.40. The van der Waals surface area contributed by atoms with Gasteiger partial charge in [0.25, 0.3) is 0 Å². The zero-order valence-electron chi connectivity index (χ0n) is 10.7. The maximum absolute atomic E-state index is 10.4. The molecule has 5 atom stereocenters. The van der Waals surface area contributed by atoms with Gasteiger partial charge >= 0.3 is 0 Å². The van der Waals surface area contributed by atoms with E-state index < -0.39 is 28.7 Å². The Bertz CT molecular complexity index is 278. The van der Waals surface area contributed by atoms with Crippen LogP contribution in [0.15, 0.2) is 0 Å². The van der Waals surface area contributed by atoms with Crippen LogP contribution in [-0.4, -0.2) is 51.1 Å². The predicted octanol–water partition coefficient (Wildman–Crippen LogP) is 0.0207. The van der Waals surface area contributed by atoms with E-state index in [1.165, 1.54) is 34.8 Å². The summed E-state index contributed by atoms with van der Waals surface area (Å²) in [6.45, 7) is 7.36. The number of ether oxygens (including phenoxy) is 2. The largest absolute Gasteiger partial charge is 0.384 e. The normalized spacial score (nSPS) is 58.7. The summed E-state index contributed by atoms with van der Waals surface area (Å²) in [6.07, 6.45) is -0.673. The molecule has 5 heteroatoms. The molecule has 0 aromatic heterocycles. The van der Waals surface area contributed by atoms with Gasteiger partial charge in [-0.15, -0.1) is 0 Å². The van der Waals surface area contributed by atoms with Crippen LogP contribution in [0.4, 0.5) is 0 Å². The summed E-state index contributed by atoms with van der Waals surface area (Å²) < 4.78 is 10.7. The second-order valence-electron chi connectivity index (χ2n) is 5.20. The molecule has 0 spiro atoms. The van der Waals surface area contributed by atoms with Gasteiger partial charge in [-0.2, -0.15) is 0 Å². The summed E-state index contributed by atoms with van der Waals surface area (Å²) in [5.41, 5.74) is -5.08. The van der Waals surface area contributed by atoms with Gasteiger partial charge in [0.2, 0.25) is 0 Å². The minimum Gasteiger partial charge on any atom is -0.384 e. The van der Waals surface area contributed by atoms with E-state index in [4.69, 9.17) is 9.47 Å². The van der Waals surface area contributed by atoms with Crippen LogP contribution in [0.2, 0.25) is 0 Å². The van der Waals surface area contributed by atoms with Gasteiger partial charge in [-0.1, -0.05) is 0 Å². The second-order valence-corrected chi connectivity index (χ2v) is 5.20. The number of rotatable bonds is 1. The van der Waals surface area contributed by atoms with E-state index in [0.29, 0.717) is 0 Å². The monoisotopic (exact) mass is 234 g/mol. The molecule has 1 rings (SSSR count). The molecule has 0 bridgehead atoms. The van der Waals surface area contributed by atoms with Gasteiger partial charge in [0.05, 0.1) is 6.10 Å². The first kappa shape index (κ1) is 13.9. The van der Waals surface area contributed by atoms with E-state index in [9.17, 15) is 15.3 Å². The molecule has 16 heavy (non-hydrogen) atoms. The molecule has 1 aliphatic rings. The van der Waals surface area contributed by atoms with Gasteiger partial charge in [-0.25, -0.2) is 0 Å². The third kappa shape index (κ3) is 1.36. The molecule has 0 saturated carbocycles. The van der Waals surface area contributed by atoms with Crippen LogP contribution in [0, 0.1) is 0 Å². The standard InChI is InChI=1S/C11H22O5/c1-7-8(2,12)9(3,13)10(4,14)11(5,15-6)16-7/h7,12-14H,1-6H3/t7?,8-,9?,10?,11-/m0/s1. The number of methoxy groups -OCH3 is 1. The summed E-state index contributed by atoms with van der Waals surface area (Å²) in [5.74, 6) is -1.38. The molecule has 1 saturated heterocycles. The molecule has 1 aliphatic heterocycles. The van der Waals surface area contributed by atoms with Crippen molar-refractivity contribution in [2.75, 3.05) is 7.11 Å². The number of hydrogen-bond donors (Lipinski definition) is 3. The molecule has 1 heterocycles. The Hall–Kier alpha value is -0.200. The molecular weight excluding hydrogens is 212 g/mol. The van der Waals surface area contributed by atoms with Gasteiger partial charge in [0.15, 0.2) is 5.79 Å². The molecular formula is C11H22O5. The number of hydrogen-bond acceptors (Lipinski definition) is 5. The average molecular weight is 234 g/mol. The highest BCUT2D eigenvalue weighted by Crippen LogP contribution is 2.49. The Kier molecular flexibility index (Phi) is 2.94. The lowest BCUT2D eigenvalue weighted by Crippen LogP contribution is -2.80. The quantitative estimate of drug-likeness (QED) is 0.596. The highest BCUT2D eigenvalue weighted by atomic mass is 16.7. The van der Waals surface area contributed by atoms with Crippen molar-refractivity contribution in [3.05, 3.63) is 0 Å². The van der Waals surface area contributed by atoms with Gasteiger partial charge in [0.1, 0.15) is 16.8 Å². The lowest BCUT2D eigenvalue weighted by molar-refractivity contribution is -0.424. The molecule has 0 amide bonds. The lowest BCUT2D eigenvalue weighted by atomic mass is 9.65. The molecule has 5 nitrogen and oxygen atoms in total. The highest BCUT2D eigenvalue weighted by Gasteiger charge is 2.69. The van der Waals surface area contributed by atoms with Crippen molar-refractivity contribution in [2.45, 2.75) is 63.3 Å². The van der Waals surface area contributed by atoms with Gasteiger partial charge in [-0.3, -0.25) is 0 Å². The Labute approximate surface area is 96.0 Å². The molecule has 3 unspecified atom stereocenters. The van der Waals surface area contributed by atoms with Crippen molar-refractivity contribution < 1.29 is 24.8 Å². The minimum absolute atomic E-state index is 0.673. The van der Waals surface area contributed by atoms with E-state index in [1.54, 1.807) is 6.92 Å². The highest BCUT2D eigenvalue weighted by molar-refractivity contribution is 5.16. The summed E-state index contributed by atoms with van der Waals surface area (Å²) in [5, 5.41) is 31.1. The van der Waals surface area contributed by atoms with Crippen molar-refractivity contribution >= 4 is 0 Å². The zero-order chi connectivity index (χ0) is 13.0. The van der Waals surface area contributed by atoms with Crippen LogP contribution in [0.25, 0.3) is 0 Å². The smallest absolute Gasteiger partial charge is 0.197 e. The molecule has 0 radical (unpaired) electrons. The van der Waals surface area contributed by atoms with Crippen LogP contribution in [0.3, 0.4) is 0 Å². The van der Waals surface area contributed by atoms with E-state index in [1.807, 2.05) is 0 Å². The summed E-state index contributed by atoms with van der Waals surface area (Å²) >= 11 is 0. The van der Waals surface area contributed by atoms with Crippen molar-refractivity contribution in [3.63, 3.8) is 0 Å². The fourth-order valence-electron chi connectivity index (χ4n) is 2.14. The SMILES string of the molecule is CO[C@@]1(C)OC(C)[C@](C)(O)C(C)(O)C1(C)O. The van der Waals surface area contributed by atoms with E-state index in [2.05, 4.69) is 0 Å². The molecule has 0 aromatic rings. The van der Waals surface area contributed by atoms with Crippen LogP contribution in [0.1, 0.15) is 34.6 Å². The first-order chi connectivity index (χ1) is 6.94. The van der Waals surface area contributed by atoms with Crippen molar-refractivity contribution in [1.82, 2.24) is 0 Å². The zero-order valence-corrected chi connectivity index (χ0v) is 10.7. The van der Waals surface area contributed by atoms with E-state index >= 15 is 0 Å². The Morgan fingerprint density at radius 2 is 1.44 bits per heavy atom. The predicted molar refractivity (Wildman–Crippen MR) is 57.8 cm³/mol. The summed E-state index contributed by atoms with van der Waals surface area (Å²) in [7, 11) is 1.39. The van der Waals surface area contributed by atoms with Crippen LogP contribution < -0.4 is 0 Å². The molecule has 0 aromatic carbocycles. The molecule has 0 aliphatic carbocycles. The number of aliphatic hydroxyl groups is 3. The first-order valence-corrected chi connectivity index (χ1v) is 5.34. The van der Waals surface area contributed by atoms with Crippen molar-refractivity contribution in [2.24, 2.45) is 0 Å². The fraction of sp³-hybridized carbons (Fsp3) is 1.00. The lowest BCUT2D eigenvalue weighted by Gasteiger charge is -2.60. The Morgan fingerprint density at radius 3 is 1.81 bits per heavy atom. The van der Waals surface area contributed by atoms with E-state index in [0.717, 1.165) is 0 Å². The first-order valence-electron chi connectivity index (χ1n) is 5.34. The van der Waals surface area contributed by atoms with Crippen molar-refractivity contribution in [3.8, 4) is 0 Å². The second kappa shape index (κ2) is 3.40. The molecule has 1 fully saturated rings. The van der Waals surface area contributed by atoms with Gasteiger partial charge in [0, 0.05) is 7.11 Å². The van der Waals surface area contributed by atoms with Gasteiger partial charge in [-0.05, 0) is 34.6 Å². The summed E-state index contributed by atoms with van der Waals surface area (Å²) in [6, 6.07) is 0. The third-order valence-electron chi connectivity index (χ3n) is 4.40. The maximum atomic E-state index is 10.4. The molecule has 96 valence electrons. The average Bonchev–Trinajstić information content (AvgIpc) is 2.14. The maximum Gasteiger partial charge on any atom is 0.197 e. The van der Waals surface area contributed by atoms with Crippen LogP contribution in [0.5, 0.6) is 0 Å². The minimum atomic E-state index is -1.76. The van der Waals surface area contributed by atoms with Crippen LogP contribution in [-0.2, 0) is 9.47 Å². The topological polar surface area (TPSA) is 79.2 Å². The summed E-state index contributed by atoms with van der Waals surface area (Å²) in [4.78, 5) is 0. The Morgan fingerprint density at radius 1 is 1.00 bits per heavy atom. The Balaban J connectivity index is 3.32. The van der Waals surface area contributed by atoms with Crippen LogP contribution >= 0.6 is 0 Å². The van der Waals surface area contributed by atoms with Crippen molar-refractivity contribution in [1.29, 1.82) is 0 Å². The van der Waals surface area contributed by atoms with Gasteiger partial charge < -0.3 is 24.8 Å². The van der Waals surface area contributed by atoms with E-state index in [-0.39, 0.29) is 0 Å².